The maximum atomic E-state index is 12.3. The first kappa shape index (κ1) is 12.1. The summed E-state index contributed by atoms with van der Waals surface area (Å²) >= 11 is 0. The third kappa shape index (κ3) is 2.86. The Bertz CT molecular complexity index is 373. The van der Waals surface area contributed by atoms with E-state index in [2.05, 4.69) is 6.92 Å². The second kappa shape index (κ2) is 5.32. The molecule has 0 unspecified atom stereocenters. The van der Waals surface area contributed by atoms with E-state index in [0.29, 0.717) is 6.04 Å². The van der Waals surface area contributed by atoms with Crippen molar-refractivity contribution in [3.05, 3.63) is 35.9 Å². The lowest BCUT2D eigenvalue weighted by Gasteiger charge is -2.25. The molecule has 1 saturated carbocycles. The minimum atomic E-state index is -0.511. The van der Waals surface area contributed by atoms with Crippen molar-refractivity contribution in [2.24, 2.45) is 5.73 Å². The van der Waals surface area contributed by atoms with E-state index in [1.807, 2.05) is 35.2 Å². The molecule has 1 aromatic carbocycles. The Morgan fingerprint density at radius 2 is 2.06 bits per heavy atom. The van der Waals surface area contributed by atoms with Gasteiger partial charge in [0.2, 0.25) is 5.91 Å². The molecule has 0 aliphatic heterocycles. The summed E-state index contributed by atoms with van der Waals surface area (Å²) in [6.45, 7) is 2.92. The fourth-order valence-corrected chi connectivity index (χ4v) is 2.08. The van der Waals surface area contributed by atoms with E-state index >= 15 is 0 Å². The van der Waals surface area contributed by atoms with Gasteiger partial charge >= 0.3 is 0 Å². The first-order chi connectivity index (χ1) is 8.24. The number of rotatable bonds is 5. The molecule has 17 heavy (non-hydrogen) atoms. The average molecular weight is 232 g/mol. The van der Waals surface area contributed by atoms with Crippen molar-refractivity contribution in [1.29, 1.82) is 0 Å². The highest BCUT2D eigenvalue weighted by atomic mass is 16.2. The van der Waals surface area contributed by atoms with E-state index in [1.54, 1.807) is 0 Å². The minimum Gasteiger partial charge on any atom is -0.338 e. The number of nitrogens with zero attached hydrogens (tertiary/aromatic N) is 1. The molecule has 1 aliphatic carbocycles. The summed E-state index contributed by atoms with van der Waals surface area (Å²) in [5.74, 6) is 0.0700. The van der Waals surface area contributed by atoms with Gasteiger partial charge in [-0.3, -0.25) is 4.79 Å². The van der Waals surface area contributed by atoms with E-state index < -0.39 is 6.04 Å². The summed E-state index contributed by atoms with van der Waals surface area (Å²) < 4.78 is 0. The zero-order chi connectivity index (χ0) is 12.3. The molecule has 1 aromatic rings. The molecule has 2 rings (SSSR count). The number of benzene rings is 1. The van der Waals surface area contributed by atoms with Crippen LogP contribution >= 0.6 is 0 Å². The number of hydrogen-bond acceptors (Lipinski definition) is 2. The van der Waals surface area contributed by atoms with Crippen LogP contribution in [0.25, 0.3) is 0 Å². The summed E-state index contributed by atoms with van der Waals surface area (Å²) in [5, 5.41) is 0. The summed E-state index contributed by atoms with van der Waals surface area (Å²) in [7, 11) is 0. The van der Waals surface area contributed by atoms with Crippen molar-refractivity contribution in [2.45, 2.75) is 38.3 Å². The highest BCUT2D eigenvalue weighted by Crippen LogP contribution is 2.29. The molecular formula is C14H20N2O. The van der Waals surface area contributed by atoms with Crippen molar-refractivity contribution in [1.82, 2.24) is 4.90 Å². The Morgan fingerprint density at radius 3 is 2.59 bits per heavy atom. The number of hydrogen-bond donors (Lipinski definition) is 1. The molecule has 0 heterocycles. The normalized spacial score (nSPS) is 16.6. The van der Waals surface area contributed by atoms with Gasteiger partial charge < -0.3 is 10.6 Å². The molecule has 1 fully saturated rings. The first-order valence-electron chi connectivity index (χ1n) is 6.35. The molecule has 0 bridgehead atoms. The maximum absolute atomic E-state index is 12.3. The molecule has 0 saturated heterocycles. The Kier molecular flexibility index (Phi) is 3.79. The Labute approximate surface area is 103 Å². The zero-order valence-corrected chi connectivity index (χ0v) is 10.3. The summed E-state index contributed by atoms with van der Waals surface area (Å²) in [5.41, 5.74) is 6.95. The second-order valence-electron chi connectivity index (χ2n) is 4.65. The van der Waals surface area contributed by atoms with Gasteiger partial charge in [0.1, 0.15) is 6.04 Å². The van der Waals surface area contributed by atoms with E-state index in [4.69, 9.17) is 5.73 Å². The van der Waals surface area contributed by atoms with Crippen LogP contribution in [-0.4, -0.2) is 23.4 Å². The van der Waals surface area contributed by atoms with Crippen molar-refractivity contribution >= 4 is 5.91 Å². The fourth-order valence-electron chi connectivity index (χ4n) is 2.08. The van der Waals surface area contributed by atoms with Crippen molar-refractivity contribution in [3.8, 4) is 0 Å². The molecule has 0 radical (unpaired) electrons. The van der Waals surface area contributed by atoms with Crippen LogP contribution in [0.3, 0.4) is 0 Å². The molecule has 2 N–H and O–H groups in total. The van der Waals surface area contributed by atoms with Crippen molar-refractivity contribution < 1.29 is 4.79 Å². The van der Waals surface area contributed by atoms with Gasteiger partial charge in [-0.05, 0) is 24.8 Å². The summed E-state index contributed by atoms with van der Waals surface area (Å²) in [6.07, 6.45) is 3.25. The van der Waals surface area contributed by atoms with Crippen LogP contribution in [0.2, 0.25) is 0 Å². The topological polar surface area (TPSA) is 46.3 Å². The van der Waals surface area contributed by atoms with Crippen LogP contribution in [0.4, 0.5) is 0 Å². The zero-order valence-electron chi connectivity index (χ0n) is 10.3. The Hall–Kier alpha value is -1.35. The Morgan fingerprint density at radius 1 is 1.41 bits per heavy atom. The van der Waals surface area contributed by atoms with Gasteiger partial charge in [0.05, 0.1) is 0 Å². The molecule has 1 aliphatic rings. The maximum Gasteiger partial charge on any atom is 0.244 e. The smallest absolute Gasteiger partial charge is 0.244 e. The number of carbonyl (C=O) groups is 1. The van der Waals surface area contributed by atoms with Gasteiger partial charge in [-0.15, -0.1) is 0 Å². The van der Waals surface area contributed by atoms with Gasteiger partial charge in [0.15, 0.2) is 0 Å². The lowest BCUT2D eigenvalue weighted by atomic mass is 10.1. The molecule has 3 nitrogen and oxygen atoms in total. The van der Waals surface area contributed by atoms with E-state index in [1.165, 1.54) is 0 Å². The van der Waals surface area contributed by atoms with Crippen LogP contribution in [0.1, 0.15) is 37.8 Å². The number of nitrogens with two attached hydrogens (primary N) is 1. The monoisotopic (exact) mass is 232 g/mol. The van der Waals surface area contributed by atoms with Crippen LogP contribution in [0.5, 0.6) is 0 Å². The lowest BCUT2D eigenvalue weighted by molar-refractivity contribution is -0.133. The van der Waals surface area contributed by atoms with Crippen molar-refractivity contribution in [3.63, 3.8) is 0 Å². The van der Waals surface area contributed by atoms with E-state index in [-0.39, 0.29) is 5.91 Å². The number of amides is 1. The standard InChI is InChI=1S/C14H20N2O/c1-2-10-16(12-8-9-12)14(17)13(15)11-6-4-3-5-7-11/h3-7,12-13H,2,8-10,15H2,1H3/t13-/m0/s1. The predicted molar refractivity (Wildman–Crippen MR) is 68.4 cm³/mol. The van der Waals surface area contributed by atoms with Crippen LogP contribution in [-0.2, 0) is 4.79 Å². The summed E-state index contributed by atoms with van der Waals surface area (Å²) in [4.78, 5) is 14.3. The van der Waals surface area contributed by atoms with Crippen LogP contribution in [0.15, 0.2) is 30.3 Å². The third-order valence-electron chi connectivity index (χ3n) is 3.16. The molecular weight excluding hydrogens is 212 g/mol. The van der Waals surface area contributed by atoms with Gasteiger partial charge in [0, 0.05) is 12.6 Å². The van der Waals surface area contributed by atoms with Gasteiger partial charge in [-0.25, -0.2) is 0 Å². The minimum absolute atomic E-state index is 0.0700. The average Bonchev–Trinajstić information content (AvgIpc) is 3.19. The van der Waals surface area contributed by atoms with Gasteiger partial charge in [-0.1, -0.05) is 37.3 Å². The van der Waals surface area contributed by atoms with Crippen LogP contribution in [0, 0.1) is 0 Å². The Balaban J connectivity index is 2.07. The van der Waals surface area contributed by atoms with E-state index in [9.17, 15) is 4.79 Å². The molecule has 3 heteroatoms. The lowest BCUT2D eigenvalue weighted by Crippen LogP contribution is -2.40. The highest BCUT2D eigenvalue weighted by molar-refractivity contribution is 5.83. The highest BCUT2D eigenvalue weighted by Gasteiger charge is 2.34. The molecule has 1 atom stereocenters. The third-order valence-corrected chi connectivity index (χ3v) is 3.16. The quantitative estimate of drug-likeness (QED) is 0.845. The first-order valence-corrected chi connectivity index (χ1v) is 6.35. The largest absolute Gasteiger partial charge is 0.338 e. The number of carbonyl (C=O) groups excluding carboxylic acids is 1. The molecule has 92 valence electrons. The van der Waals surface area contributed by atoms with E-state index in [0.717, 1.165) is 31.4 Å². The van der Waals surface area contributed by atoms with Crippen molar-refractivity contribution in [2.75, 3.05) is 6.54 Å². The molecule has 0 aromatic heterocycles. The second-order valence-corrected chi connectivity index (χ2v) is 4.65. The fraction of sp³-hybridized carbons (Fsp3) is 0.500. The molecule has 1 amide bonds. The molecule has 0 spiro atoms. The van der Waals surface area contributed by atoms with Gasteiger partial charge in [0.25, 0.3) is 0 Å². The van der Waals surface area contributed by atoms with Gasteiger partial charge in [-0.2, -0.15) is 0 Å². The SMILES string of the molecule is CCCN(C(=O)[C@@H](N)c1ccccc1)C1CC1. The predicted octanol–water partition coefficient (Wildman–Crippen LogP) is 2.09. The summed E-state index contributed by atoms with van der Waals surface area (Å²) in [6, 6.07) is 9.54. The van der Waals surface area contributed by atoms with Crippen LogP contribution < -0.4 is 5.73 Å².